The highest BCUT2D eigenvalue weighted by atomic mass is 16.7. The molecule has 2 N–H and O–H groups in total. The lowest BCUT2D eigenvalue weighted by atomic mass is 10.1. The van der Waals surface area contributed by atoms with Gasteiger partial charge in [-0.15, -0.1) is 0 Å². The van der Waals surface area contributed by atoms with Gasteiger partial charge >= 0.3 is 0 Å². The fraction of sp³-hybridized carbons (Fsp3) is 0.0455. The Hall–Kier alpha value is -4.33. The quantitative estimate of drug-likeness (QED) is 0.542. The fourth-order valence-corrected chi connectivity index (χ4v) is 3.05. The normalized spacial score (nSPS) is 12.9. The van der Waals surface area contributed by atoms with Crippen LogP contribution in [0.5, 0.6) is 17.2 Å². The predicted molar refractivity (Wildman–Crippen MR) is 108 cm³/mol. The van der Waals surface area contributed by atoms with E-state index < -0.39 is 5.91 Å². The number of benzene rings is 2. The summed E-state index contributed by atoms with van der Waals surface area (Å²) in [6.07, 6.45) is 1.58. The number of ether oxygens (including phenoxy) is 2. The summed E-state index contributed by atoms with van der Waals surface area (Å²) in [4.78, 5) is 21.6. The summed E-state index contributed by atoms with van der Waals surface area (Å²) >= 11 is 0. The minimum Gasteiger partial charge on any atom is -0.508 e. The summed E-state index contributed by atoms with van der Waals surface area (Å²) in [6.45, 7) is 0.149. The number of pyridine rings is 1. The zero-order chi connectivity index (χ0) is 20.5. The van der Waals surface area contributed by atoms with Gasteiger partial charge in [-0.25, -0.2) is 9.98 Å². The monoisotopic (exact) mass is 401 g/mol. The molecule has 148 valence electrons. The molecule has 0 atom stereocenters. The molecule has 1 aliphatic rings. The van der Waals surface area contributed by atoms with Crippen LogP contribution < -0.4 is 20.3 Å². The van der Waals surface area contributed by atoms with Crippen LogP contribution in [-0.4, -0.2) is 22.8 Å². The number of hydrogen-bond acceptors (Lipinski definition) is 7. The molecule has 0 saturated heterocycles. The zero-order valence-corrected chi connectivity index (χ0v) is 15.5. The number of nitrogens with zero attached hydrogens (tertiary/aromatic N) is 2. The summed E-state index contributed by atoms with van der Waals surface area (Å²) < 4.78 is 16.6. The van der Waals surface area contributed by atoms with Crippen molar-refractivity contribution >= 4 is 28.4 Å². The van der Waals surface area contributed by atoms with Crippen LogP contribution in [0.2, 0.25) is 0 Å². The van der Waals surface area contributed by atoms with Crippen LogP contribution in [0.4, 0.5) is 11.5 Å². The summed E-state index contributed by atoms with van der Waals surface area (Å²) in [5.74, 6) is 1.22. The topological polar surface area (TPSA) is 106 Å². The van der Waals surface area contributed by atoms with Crippen LogP contribution in [0.3, 0.4) is 0 Å². The van der Waals surface area contributed by atoms with Gasteiger partial charge in [0.1, 0.15) is 22.7 Å². The molecule has 30 heavy (non-hydrogen) atoms. The molecule has 1 aliphatic heterocycles. The molecule has 1 amide bonds. The first kappa shape index (κ1) is 17.7. The van der Waals surface area contributed by atoms with Crippen LogP contribution in [-0.2, 0) is 0 Å². The van der Waals surface area contributed by atoms with E-state index in [0.29, 0.717) is 34.0 Å². The Bertz CT molecular complexity index is 1330. The number of fused-ring (bicyclic) bond motifs is 2. The van der Waals surface area contributed by atoms with Gasteiger partial charge in [0, 0.05) is 23.7 Å². The van der Waals surface area contributed by atoms with Crippen molar-refractivity contribution in [2.24, 2.45) is 4.99 Å². The highest BCUT2D eigenvalue weighted by molar-refractivity contribution is 6.05. The number of phenolic OH excluding ortho intramolecular Hbond substituents is 1. The van der Waals surface area contributed by atoms with Crippen LogP contribution in [0.15, 0.2) is 76.3 Å². The van der Waals surface area contributed by atoms with E-state index in [0.717, 1.165) is 0 Å². The van der Waals surface area contributed by atoms with Crippen molar-refractivity contribution in [2.75, 3.05) is 12.1 Å². The zero-order valence-electron chi connectivity index (χ0n) is 15.5. The Kier molecular flexibility index (Phi) is 4.29. The number of carbonyl (C=O) groups excluding carboxylic acids is 1. The first-order chi connectivity index (χ1) is 14.7. The van der Waals surface area contributed by atoms with Gasteiger partial charge in [-0.3, -0.25) is 4.79 Å². The third-order valence-corrected chi connectivity index (χ3v) is 4.47. The molecule has 0 spiro atoms. The Morgan fingerprint density at radius 1 is 1.03 bits per heavy atom. The SMILES string of the molecule is O=C(Nc1ccccn1)c1cc2ccc(O)cc2oc1=Nc1ccc2c(c1)OCO2. The standard InChI is InChI=1S/C22H15N3O5/c26-15-6-4-13-9-16(21(27)25-20-3-1-2-8-23-20)22(30-18(13)11-15)24-14-5-7-17-19(10-14)29-12-28-17/h1-11,26H,12H2,(H,23,25,27). The second-order valence-corrected chi connectivity index (χ2v) is 6.51. The van der Waals surface area contributed by atoms with Gasteiger partial charge in [0.15, 0.2) is 11.5 Å². The van der Waals surface area contributed by atoms with E-state index in [1.165, 1.54) is 12.1 Å². The number of aromatic nitrogens is 1. The number of nitrogens with one attached hydrogen (secondary N) is 1. The minimum atomic E-state index is -0.424. The van der Waals surface area contributed by atoms with Crippen molar-refractivity contribution in [1.29, 1.82) is 0 Å². The van der Waals surface area contributed by atoms with Crippen LogP contribution in [0.1, 0.15) is 10.4 Å². The van der Waals surface area contributed by atoms with Gasteiger partial charge in [-0.1, -0.05) is 6.07 Å². The third kappa shape index (κ3) is 3.42. The van der Waals surface area contributed by atoms with Crippen molar-refractivity contribution in [2.45, 2.75) is 0 Å². The van der Waals surface area contributed by atoms with Gasteiger partial charge in [0.2, 0.25) is 12.3 Å². The molecule has 4 aromatic rings. The van der Waals surface area contributed by atoms with Gasteiger partial charge in [-0.05, 0) is 42.5 Å². The summed E-state index contributed by atoms with van der Waals surface area (Å²) in [5, 5.41) is 13.2. The van der Waals surface area contributed by atoms with Crippen LogP contribution >= 0.6 is 0 Å². The molecule has 2 aromatic heterocycles. The molecule has 8 nitrogen and oxygen atoms in total. The first-order valence-electron chi connectivity index (χ1n) is 9.09. The molecule has 5 rings (SSSR count). The van der Waals surface area contributed by atoms with E-state index in [1.807, 2.05) is 0 Å². The van der Waals surface area contributed by atoms with E-state index in [2.05, 4.69) is 15.3 Å². The molecule has 0 aliphatic carbocycles. The lowest BCUT2D eigenvalue weighted by molar-refractivity contribution is 0.102. The average molecular weight is 401 g/mol. The second kappa shape index (κ2) is 7.25. The molecule has 8 heteroatoms. The highest BCUT2D eigenvalue weighted by Crippen LogP contribution is 2.35. The van der Waals surface area contributed by atoms with E-state index in [9.17, 15) is 9.90 Å². The number of aromatic hydroxyl groups is 1. The maximum Gasteiger partial charge on any atom is 0.262 e. The smallest absolute Gasteiger partial charge is 0.262 e. The lowest BCUT2D eigenvalue weighted by Crippen LogP contribution is -2.22. The molecule has 0 bridgehead atoms. The number of amides is 1. The average Bonchev–Trinajstić information content (AvgIpc) is 3.22. The van der Waals surface area contributed by atoms with E-state index in [1.54, 1.807) is 54.7 Å². The minimum absolute atomic E-state index is 0.0472. The van der Waals surface area contributed by atoms with Crippen LogP contribution in [0, 0.1) is 0 Å². The number of carbonyl (C=O) groups is 1. The number of phenols is 1. The lowest BCUT2D eigenvalue weighted by Gasteiger charge is -2.07. The van der Waals surface area contributed by atoms with Gasteiger partial charge < -0.3 is 24.3 Å². The van der Waals surface area contributed by atoms with Gasteiger partial charge in [0.25, 0.3) is 5.91 Å². The van der Waals surface area contributed by atoms with E-state index in [-0.39, 0.29) is 23.7 Å². The molecule has 0 fully saturated rings. The van der Waals surface area contributed by atoms with Gasteiger partial charge in [0.05, 0.1) is 5.69 Å². The van der Waals surface area contributed by atoms with Crippen molar-refractivity contribution < 1.29 is 23.8 Å². The molecule has 0 radical (unpaired) electrons. The third-order valence-electron chi connectivity index (χ3n) is 4.47. The van der Waals surface area contributed by atoms with Crippen molar-refractivity contribution in [3.05, 3.63) is 78.0 Å². The predicted octanol–water partition coefficient (Wildman–Crippen LogP) is 3.75. The second-order valence-electron chi connectivity index (χ2n) is 6.51. The Morgan fingerprint density at radius 3 is 2.80 bits per heavy atom. The maximum absolute atomic E-state index is 13.0. The Labute approximate surface area is 170 Å². The summed E-state index contributed by atoms with van der Waals surface area (Å²) in [5.41, 5.74) is 1.22. The molecule has 3 heterocycles. The number of rotatable bonds is 3. The summed E-state index contributed by atoms with van der Waals surface area (Å²) in [7, 11) is 0. The molecule has 0 saturated carbocycles. The Balaban J connectivity index is 1.64. The summed E-state index contributed by atoms with van der Waals surface area (Å²) in [6, 6.07) is 16.7. The van der Waals surface area contributed by atoms with Crippen molar-refractivity contribution in [1.82, 2.24) is 4.98 Å². The van der Waals surface area contributed by atoms with Crippen molar-refractivity contribution in [3.8, 4) is 17.2 Å². The number of anilines is 1. The molecule has 0 unspecified atom stereocenters. The van der Waals surface area contributed by atoms with E-state index >= 15 is 0 Å². The van der Waals surface area contributed by atoms with Crippen LogP contribution in [0.25, 0.3) is 11.0 Å². The highest BCUT2D eigenvalue weighted by Gasteiger charge is 2.16. The fourth-order valence-electron chi connectivity index (χ4n) is 3.05. The van der Waals surface area contributed by atoms with Gasteiger partial charge in [-0.2, -0.15) is 0 Å². The first-order valence-corrected chi connectivity index (χ1v) is 9.09. The van der Waals surface area contributed by atoms with Crippen molar-refractivity contribution in [3.63, 3.8) is 0 Å². The number of hydrogen-bond donors (Lipinski definition) is 2. The molecular formula is C22H15N3O5. The molecule has 2 aromatic carbocycles. The van der Waals surface area contributed by atoms with E-state index in [4.69, 9.17) is 13.9 Å². The Morgan fingerprint density at radius 2 is 1.93 bits per heavy atom. The molecular weight excluding hydrogens is 386 g/mol. The largest absolute Gasteiger partial charge is 0.508 e. The maximum atomic E-state index is 13.0.